The van der Waals surface area contributed by atoms with Crippen LogP contribution in [0, 0.1) is 6.92 Å². The number of rotatable bonds is 4. The smallest absolute Gasteiger partial charge is 0.226 e. The van der Waals surface area contributed by atoms with E-state index in [-0.39, 0.29) is 11.8 Å². The molecule has 2 aromatic rings. The zero-order chi connectivity index (χ0) is 13.0. The Morgan fingerprint density at radius 2 is 2.11 bits per heavy atom. The first-order valence-corrected chi connectivity index (χ1v) is 6.74. The van der Waals surface area contributed by atoms with Crippen molar-refractivity contribution < 1.29 is 4.79 Å². The number of carbonyl (C=O) groups excluding carboxylic acids is 1. The highest BCUT2D eigenvalue weighted by Crippen LogP contribution is 2.21. The molecule has 1 atom stereocenters. The molecular formula is C14H16N2OS. The predicted octanol–water partition coefficient (Wildman–Crippen LogP) is 3.58. The molecule has 1 N–H and O–H groups in total. The Labute approximate surface area is 111 Å². The number of thiazole rings is 1. The molecule has 1 amide bonds. The van der Waals surface area contributed by atoms with Gasteiger partial charge < -0.3 is 5.32 Å². The quantitative estimate of drug-likeness (QED) is 0.913. The lowest BCUT2D eigenvalue weighted by atomic mass is 9.98. The van der Waals surface area contributed by atoms with Crippen molar-refractivity contribution in [2.45, 2.75) is 26.2 Å². The van der Waals surface area contributed by atoms with Gasteiger partial charge >= 0.3 is 0 Å². The van der Waals surface area contributed by atoms with E-state index in [2.05, 4.69) is 17.2 Å². The minimum atomic E-state index is 0.0145. The summed E-state index contributed by atoms with van der Waals surface area (Å²) >= 11 is 1.50. The molecule has 3 nitrogen and oxygen atoms in total. The normalized spacial score (nSPS) is 12.1. The fraction of sp³-hybridized carbons (Fsp3) is 0.286. The molecule has 1 heterocycles. The standard InChI is InChI=1S/C14H16N2OS/c1-10(12-6-4-3-5-7-12)8-13(17)16-14-15-9-11(2)18-14/h3-7,9-10H,8H2,1-2H3,(H,15,16,17)/t10-/m1/s1. The van der Waals surface area contributed by atoms with Gasteiger partial charge in [-0.15, -0.1) is 11.3 Å². The van der Waals surface area contributed by atoms with Crippen LogP contribution in [-0.2, 0) is 4.79 Å². The number of aromatic nitrogens is 1. The van der Waals surface area contributed by atoms with Gasteiger partial charge in [0.15, 0.2) is 5.13 Å². The SMILES string of the molecule is Cc1cnc(NC(=O)C[C@@H](C)c2ccccc2)s1. The number of benzene rings is 1. The highest BCUT2D eigenvalue weighted by atomic mass is 32.1. The maximum atomic E-state index is 11.9. The second kappa shape index (κ2) is 5.78. The Kier molecular flexibility index (Phi) is 4.10. The topological polar surface area (TPSA) is 42.0 Å². The summed E-state index contributed by atoms with van der Waals surface area (Å²) < 4.78 is 0. The van der Waals surface area contributed by atoms with Gasteiger partial charge in [-0.25, -0.2) is 4.98 Å². The van der Waals surface area contributed by atoms with Crippen molar-refractivity contribution in [3.8, 4) is 0 Å². The van der Waals surface area contributed by atoms with Crippen molar-refractivity contribution in [3.05, 3.63) is 47.0 Å². The Bertz CT molecular complexity index is 522. The van der Waals surface area contributed by atoms with E-state index in [1.165, 1.54) is 16.9 Å². The molecule has 0 aliphatic rings. The van der Waals surface area contributed by atoms with Crippen LogP contribution in [0.5, 0.6) is 0 Å². The van der Waals surface area contributed by atoms with Crippen LogP contribution in [-0.4, -0.2) is 10.9 Å². The van der Waals surface area contributed by atoms with Gasteiger partial charge in [-0.05, 0) is 18.4 Å². The molecule has 0 spiro atoms. The molecule has 0 saturated carbocycles. The molecular weight excluding hydrogens is 244 g/mol. The average Bonchev–Trinajstić information content (AvgIpc) is 2.75. The number of aryl methyl sites for hydroxylation is 1. The van der Waals surface area contributed by atoms with Crippen LogP contribution in [0.3, 0.4) is 0 Å². The maximum absolute atomic E-state index is 11.9. The summed E-state index contributed by atoms with van der Waals surface area (Å²) in [6, 6.07) is 10.1. The first kappa shape index (κ1) is 12.8. The fourth-order valence-electron chi connectivity index (χ4n) is 1.76. The Morgan fingerprint density at radius 3 is 2.72 bits per heavy atom. The minimum Gasteiger partial charge on any atom is -0.302 e. The van der Waals surface area contributed by atoms with E-state index < -0.39 is 0 Å². The van der Waals surface area contributed by atoms with Crippen LogP contribution < -0.4 is 5.32 Å². The van der Waals surface area contributed by atoms with E-state index in [1.54, 1.807) is 6.20 Å². The largest absolute Gasteiger partial charge is 0.302 e. The lowest BCUT2D eigenvalue weighted by Gasteiger charge is -2.10. The molecule has 18 heavy (non-hydrogen) atoms. The zero-order valence-electron chi connectivity index (χ0n) is 10.5. The Balaban J connectivity index is 1.92. The van der Waals surface area contributed by atoms with E-state index in [1.807, 2.05) is 37.3 Å². The van der Waals surface area contributed by atoms with Gasteiger partial charge in [0, 0.05) is 17.5 Å². The fourth-order valence-corrected chi connectivity index (χ4v) is 2.44. The number of hydrogen-bond donors (Lipinski definition) is 1. The second-order valence-electron chi connectivity index (χ2n) is 4.34. The lowest BCUT2D eigenvalue weighted by Crippen LogP contribution is -2.14. The molecule has 0 radical (unpaired) electrons. The average molecular weight is 260 g/mol. The first-order chi connectivity index (χ1) is 8.65. The van der Waals surface area contributed by atoms with Gasteiger partial charge in [0.2, 0.25) is 5.91 Å². The summed E-state index contributed by atoms with van der Waals surface area (Å²) in [6.07, 6.45) is 2.24. The number of hydrogen-bond acceptors (Lipinski definition) is 3. The van der Waals surface area contributed by atoms with Crippen molar-refractivity contribution in [2.24, 2.45) is 0 Å². The molecule has 4 heteroatoms. The van der Waals surface area contributed by atoms with Crippen molar-refractivity contribution in [1.82, 2.24) is 4.98 Å². The van der Waals surface area contributed by atoms with Gasteiger partial charge in [0.05, 0.1) is 0 Å². The summed E-state index contributed by atoms with van der Waals surface area (Å²) in [4.78, 5) is 17.1. The molecule has 0 bridgehead atoms. The van der Waals surface area contributed by atoms with Crippen LogP contribution in [0.1, 0.15) is 29.7 Å². The summed E-state index contributed by atoms with van der Waals surface area (Å²) in [7, 11) is 0. The van der Waals surface area contributed by atoms with Crippen molar-refractivity contribution in [2.75, 3.05) is 5.32 Å². The first-order valence-electron chi connectivity index (χ1n) is 5.92. The third-order valence-electron chi connectivity index (χ3n) is 2.73. The third-order valence-corrected chi connectivity index (χ3v) is 3.56. The van der Waals surface area contributed by atoms with Crippen LogP contribution in [0.4, 0.5) is 5.13 Å². The van der Waals surface area contributed by atoms with Gasteiger partial charge in [0.1, 0.15) is 0 Å². The number of carbonyl (C=O) groups is 1. The Morgan fingerprint density at radius 1 is 1.39 bits per heavy atom. The molecule has 2 rings (SSSR count). The molecule has 0 aliphatic carbocycles. The van der Waals surface area contributed by atoms with E-state index in [0.29, 0.717) is 11.6 Å². The minimum absolute atomic E-state index is 0.0145. The lowest BCUT2D eigenvalue weighted by molar-refractivity contribution is -0.116. The molecule has 0 fully saturated rings. The van der Waals surface area contributed by atoms with Gasteiger partial charge in [-0.3, -0.25) is 4.79 Å². The van der Waals surface area contributed by atoms with E-state index >= 15 is 0 Å². The molecule has 1 aromatic heterocycles. The van der Waals surface area contributed by atoms with Crippen LogP contribution in [0.25, 0.3) is 0 Å². The van der Waals surface area contributed by atoms with Crippen molar-refractivity contribution in [1.29, 1.82) is 0 Å². The number of anilines is 1. The summed E-state index contributed by atoms with van der Waals surface area (Å²) in [5, 5.41) is 3.51. The van der Waals surface area contributed by atoms with Crippen LogP contribution >= 0.6 is 11.3 Å². The highest BCUT2D eigenvalue weighted by Gasteiger charge is 2.12. The molecule has 1 aromatic carbocycles. The third kappa shape index (κ3) is 3.40. The monoisotopic (exact) mass is 260 g/mol. The Hall–Kier alpha value is -1.68. The zero-order valence-corrected chi connectivity index (χ0v) is 11.3. The number of nitrogens with zero attached hydrogens (tertiary/aromatic N) is 1. The maximum Gasteiger partial charge on any atom is 0.226 e. The van der Waals surface area contributed by atoms with Crippen LogP contribution in [0.2, 0.25) is 0 Å². The van der Waals surface area contributed by atoms with Crippen LogP contribution in [0.15, 0.2) is 36.5 Å². The van der Waals surface area contributed by atoms with Gasteiger partial charge in [-0.2, -0.15) is 0 Å². The van der Waals surface area contributed by atoms with Crippen molar-refractivity contribution in [3.63, 3.8) is 0 Å². The van der Waals surface area contributed by atoms with E-state index in [4.69, 9.17) is 0 Å². The van der Waals surface area contributed by atoms with E-state index in [0.717, 1.165) is 4.88 Å². The number of amides is 1. The highest BCUT2D eigenvalue weighted by molar-refractivity contribution is 7.15. The number of nitrogens with one attached hydrogen (secondary N) is 1. The molecule has 0 unspecified atom stereocenters. The van der Waals surface area contributed by atoms with E-state index in [9.17, 15) is 4.79 Å². The van der Waals surface area contributed by atoms with Crippen molar-refractivity contribution >= 4 is 22.4 Å². The summed E-state index contributed by atoms with van der Waals surface area (Å²) in [5.41, 5.74) is 1.18. The predicted molar refractivity (Wildman–Crippen MR) is 75.0 cm³/mol. The van der Waals surface area contributed by atoms with Gasteiger partial charge in [0.25, 0.3) is 0 Å². The summed E-state index contributed by atoms with van der Waals surface area (Å²) in [5.74, 6) is 0.230. The second-order valence-corrected chi connectivity index (χ2v) is 5.57. The molecule has 94 valence electrons. The molecule has 0 saturated heterocycles. The van der Waals surface area contributed by atoms with Gasteiger partial charge in [-0.1, -0.05) is 37.3 Å². The summed E-state index contributed by atoms with van der Waals surface area (Å²) in [6.45, 7) is 4.03. The molecule has 0 aliphatic heterocycles.